The molecule has 194 valence electrons. The van der Waals surface area contributed by atoms with E-state index in [1.54, 1.807) is 48.5 Å². The van der Waals surface area contributed by atoms with Gasteiger partial charge in [-0.25, -0.2) is 0 Å². The Labute approximate surface area is 218 Å². The van der Waals surface area contributed by atoms with E-state index in [0.717, 1.165) is 11.1 Å². The van der Waals surface area contributed by atoms with Crippen molar-refractivity contribution < 1.29 is 40.1 Å². The Kier molecular flexibility index (Phi) is 5.69. The van der Waals surface area contributed by atoms with E-state index < -0.39 is 24.2 Å². The Morgan fingerprint density at radius 2 is 1.29 bits per heavy atom. The fourth-order valence-corrected chi connectivity index (χ4v) is 5.46. The first-order valence-corrected chi connectivity index (χ1v) is 12.3. The molecule has 8 heteroatoms. The fraction of sp³-hybridized carbons (Fsp3) is 0.200. The van der Waals surface area contributed by atoms with Crippen LogP contribution in [0.5, 0.6) is 40.2 Å². The van der Waals surface area contributed by atoms with Crippen molar-refractivity contribution in [1.82, 2.24) is 0 Å². The first-order valence-electron chi connectivity index (χ1n) is 12.3. The summed E-state index contributed by atoms with van der Waals surface area (Å²) in [6.07, 6.45) is -1.76. The zero-order chi connectivity index (χ0) is 26.6. The van der Waals surface area contributed by atoms with E-state index >= 15 is 0 Å². The van der Waals surface area contributed by atoms with E-state index in [1.807, 2.05) is 0 Å². The molecular formula is C30H26O8. The summed E-state index contributed by atoms with van der Waals surface area (Å²) >= 11 is 0. The minimum Gasteiger partial charge on any atom is -0.508 e. The van der Waals surface area contributed by atoms with Crippen LogP contribution < -0.4 is 9.47 Å². The normalized spacial score (nSPS) is 22.0. The highest BCUT2D eigenvalue weighted by molar-refractivity contribution is 5.63. The first kappa shape index (κ1) is 23.8. The number of aromatic hydroxyl groups is 5. The lowest BCUT2D eigenvalue weighted by molar-refractivity contribution is 0.0186. The molecule has 4 aromatic rings. The van der Waals surface area contributed by atoms with E-state index in [0.29, 0.717) is 28.9 Å². The summed E-state index contributed by atoms with van der Waals surface area (Å²) in [4.78, 5) is 0. The number of hydrogen-bond acceptors (Lipinski definition) is 8. The molecule has 4 aromatic carbocycles. The van der Waals surface area contributed by atoms with Crippen molar-refractivity contribution in [2.45, 2.75) is 37.1 Å². The largest absolute Gasteiger partial charge is 0.508 e. The van der Waals surface area contributed by atoms with E-state index in [-0.39, 0.29) is 40.9 Å². The summed E-state index contributed by atoms with van der Waals surface area (Å²) in [5.74, 6) is 0.137. The van der Waals surface area contributed by atoms with Gasteiger partial charge in [0.2, 0.25) is 0 Å². The topological polar surface area (TPSA) is 140 Å². The average Bonchev–Trinajstić information content (AvgIpc) is 2.89. The van der Waals surface area contributed by atoms with Crippen LogP contribution in [-0.2, 0) is 6.42 Å². The molecule has 0 bridgehead atoms. The monoisotopic (exact) mass is 514 g/mol. The highest BCUT2D eigenvalue weighted by atomic mass is 16.5. The third-order valence-corrected chi connectivity index (χ3v) is 7.31. The van der Waals surface area contributed by atoms with Gasteiger partial charge in [0, 0.05) is 41.2 Å². The number of hydrogen-bond donors (Lipinski definition) is 6. The predicted octanol–water partition coefficient (Wildman–Crippen LogP) is 4.91. The van der Waals surface area contributed by atoms with Gasteiger partial charge in [-0.1, -0.05) is 30.3 Å². The minimum atomic E-state index is -0.973. The Morgan fingerprint density at radius 1 is 0.658 bits per heavy atom. The van der Waals surface area contributed by atoms with Gasteiger partial charge in [-0.05, 0) is 47.9 Å². The summed E-state index contributed by atoms with van der Waals surface area (Å²) in [6.45, 7) is 0. The maximum atomic E-state index is 11.2. The van der Waals surface area contributed by atoms with Crippen LogP contribution in [0.25, 0.3) is 0 Å². The SMILES string of the molecule is Oc1ccc([C@@H]2C[C@@H](c3c(O)cc(O)c4c3O[C@H](c3ccc(O)cc3)[C@H](O)C4)c3ccc(O)cc3O2)cc1. The Bertz CT molecular complexity index is 1500. The smallest absolute Gasteiger partial charge is 0.150 e. The summed E-state index contributed by atoms with van der Waals surface area (Å²) in [5.41, 5.74) is 2.97. The molecule has 0 fully saturated rings. The van der Waals surface area contributed by atoms with Crippen LogP contribution in [0, 0.1) is 0 Å². The molecule has 0 amide bonds. The van der Waals surface area contributed by atoms with Gasteiger partial charge < -0.3 is 40.1 Å². The molecule has 4 atom stereocenters. The van der Waals surface area contributed by atoms with Gasteiger partial charge in [0.25, 0.3) is 0 Å². The Morgan fingerprint density at radius 3 is 1.97 bits per heavy atom. The molecule has 6 rings (SSSR count). The van der Waals surface area contributed by atoms with Crippen molar-refractivity contribution in [2.24, 2.45) is 0 Å². The molecule has 0 spiro atoms. The molecule has 2 heterocycles. The molecule has 38 heavy (non-hydrogen) atoms. The van der Waals surface area contributed by atoms with Crippen LogP contribution >= 0.6 is 0 Å². The van der Waals surface area contributed by atoms with E-state index in [4.69, 9.17) is 9.47 Å². The average molecular weight is 515 g/mol. The van der Waals surface area contributed by atoms with Crippen LogP contribution in [0.4, 0.5) is 0 Å². The third-order valence-electron chi connectivity index (χ3n) is 7.31. The number of phenolic OH excluding ortho intramolecular Hbond substituents is 5. The molecular weight excluding hydrogens is 488 g/mol. The van der Waals surface area contributed by atoms with Crippen molar-refractivity contribution in [3.63, 3.8) is 0 Å². The number of fused-ring (bicyclic) bond motifs is 2. The van der Waals surface area contributed by atoms with Crippen LogP contribution in [0.3, 0.4) is 0 Å². The van der Waals surface area contributed by atoms with Crippen molar-refractivity contribution in [3.8, 4) is 40.2 Å². The zero-order valence-electron chi connectivity index (χ0n) is 20.2. The van der Waals surface area contributed by atoms with Gasteiger partial charge in [-0.3, -0.25) is 0 Å². The lowest BCUT2D eigenvalue weighted by Crippen LogP contribution is -2.31. The second-order valence-electron chi connectivity index (χ2n) is 9.75. The summed E-state index contributed by atoms with van der Waals surface area (Å²) in [7, 11) is 0. The first-order chi connectivity index (χ1) is 18.3. The highest BCUT2D eigenvalue weighted by Crippen LogP contribution is 2.54. The van der Waals surface area contributed by atoms with Crippen molar-refractivity contribution >= 4 is 0 Å². The Balaban J connectivity index is 1.49. The van der Waals surface area contributed by atoms with Gasteiger partial charge in [0.05, 0.1) is 6.10 Å². The van der Waals surface area contributed by atoms with Gasteiger partial charge in [-0.15, -0.1) is 0 Å². The maximum Gasteiger partial charge on any atom is 0.150 e. The summed E-state index contributed by atoms with van der Waals surface area (Å²) in [5, 5.41) is 62.4. The third kappa shape index (κ3) is 4.09. The maximum absolute atomic E-state index is 11.2. The van der Waals surface area contributed by atoms with Crippen LogP contribution in [0.1, 0.15) is 52.4 Å². The standard InChI is InChI=1S/C30H26O8/c31-17-5-1-15(2-6-17)26-13-21(20-10-9-19(33)11-27(20)37-26)28-24(35)14-23(34)22-12-25(36)29(38-30(22)28)16-3-7-18(32)8-4-16/h1-11,14,21,25-26,29,31-36H,12-13H2/t21-,25-,26+,29-/m1/s1. The van der Waals surface area contributed by atoms with Gasteiger partial charge in [0.1, 0.15) is 52.5 Å². The summed E-state index contributed by atoms with van der Waals surface area (Å²) < 4.78 is 12.6. The van der Waals surface area contributed by atoms with Crippen LogP contribution in [-0.4, -0.2) is 36.7 Å². The second kappa shape index (κ2) is 9.08. The molecule has 8 nitrogen and oxygen atoms in total. The molecule has 0 unspecified atom stereocenters. The Hall–Kier alpha value is -4.56. The lowest BCUT2D eigenvalue weighted by Gasteiger charge is -2.37. The van der Waals surface area contributed by atoms with Gasteiger partial charge in [-0.2, -0.15) is 0 Å². The molecule has 6 N–H and O–H groups in total. The molecule has 0 aromatic heterocycles. The lowest BCUT2D eigenvalue weighted by atomic mass is 9.79. The number of rotatable bonds is 3. The molecule has 2 aliphatic rings. The van der Waals surface area contributed by atoms with Gasteiger partial charge in [0.15, 0.2) is 0 Å². The highest BCUT2D eigenvalue weighted by Gasteiger charge is 2.39. The molecule has 0 aliphatic carbocycles. The number of phenols is 5. The molecule has 0 radical (unpaired) electrons. The quantitative estimate of drug-likeness (QED) is 0.227. The molecule has 0 saturated heterocycles. The van der Waals surface area contributed by atoms with Crippen LogP contribution in [0.2, 0.25) is 0 Å². The number of aliphatic hydroxyl groups is 1. The van der Waals surface area contributed by atoms with Crippen molar-refractivity contribution in [3.05, 3.63) is 101 Å². The molecule has 0 saturated carbocycles. The zero-order valence-corrected chi connectivity index (χ0v) is 20.2. The minimum absolute atomic E-state index is 0.0255. The number of benzene rings is 4. The number of aliphatic hydroxyl groups excluding tert-OH is 1. The van der Waals surface area contributed by atoms with Crippen molar-refractivity contribution in [2.75, 3.05) is 0 Å². The van der Waals surface area contributed by atoms with E-state index in [9.17, 15) is 30.6 Å². The van der Waals surface area contributed by atoms with Crippen molar-refractivity contribution in [1.29, 1.82) is 0 Å². The van der Waals surface area contributed by atoms with Crippen LogP contribution in [0.15, 0.2) is 72.8 Å². The van der Waals surface area contributed by atoms with Gasteiger partial charge >= 0.3 is 0 Å². The van der Waals surface area contributed by atoms with E-state index in [2.05, 4.69) is 0 Å². The predicted molar refractivity (Wildman–Crippen MR) is 137 cm³/mol. The fourth-order valence-electron chi connectivity index (χ4n) is 5.46. The second-order valence-corrected chi connectivity index (χ2v) is 9.75. The van der Waals surface area contributed by atoms with E-state index in [1.165, 1.54) is 24.3 Å². The summed E-state index contributed by atoms with van der Waals surface area (Å²) in [6, 6.07) is 19.0. The molecule has 2 aliphatic heterocycles. The number of ether oxygens (including phenoxy) is 2.